The molecule has 5 saturated carbocycles. The van der Waals surface area contributed by atoms with Gasteiger partial charge in [0.15, 0.2) is 12.6 Å². The van der Waals surface area contributed by atoms with Crippen molar-refractivity contribution in [1.29, 1.82) is 0 Å². The minimum absolute atomic E-state index is 0.0633. The van der Waals surface area contributed by atoms with E-state index in [2.05, 4.69) is 34.6 Å². The third-order valence-corrected chi connectivity index (χ3v) is 17.6. The molecule has 3 aliphatic heterocycles. The van der Waals surface area contributed by atoms with Crippen molar-refractivity contribution < 1.29 is 69.6 Å². The molecule has 3 saturated heterocycles. The zero-order chi connectivity index (χ0) is 40.1. The van der Waals surface area contributed by atoms with Gasteiger partial charge in [-0.05, 0) is 117 Å². The smallest absolute Gasteiger partial charge is 0.186 e. The van der Waals surface area contributed by atoms with Crippen molar-refractivity contribution in [3.63, 3.8) is 0 Å². The summed E-state index contributed by atoms with van der Waals surface area (Å²) in [5, 5.41) is 97.2. The van der Waals surface area contributed by atoms with Crippen molar-refractivity contribution in [2.24, 2.45) is 44.8 Å². The zero-order valence-electron chi connectivity index (χ0n) is 33.6. The quantitative estimate of drug-likeness (QED) is 0.162. The van der Waals surface area contributed by atoms with Crippen molar-refractivity contribution in [3.05, 3.63) is 0 Å². The lowest BCUT2D eigenvalue weighted by Crippen LogP contribution is -2.65. The molecule has 2 spiro atoms. The highest BCUT2D eigenvalue weighted by atomic mass is 16.7. The second-order valence-electron chi connectivity index (χ2n) is 21.1. The fourth-order valence-electron chi connectivity index (χ4n) is 14.9. The Hall–Kier alpha value is -0.560. The standard InChI is InChI=1S/C41H68O14/c1-35(2)24(54-33-29(48)26(45)20(44)17-51-33)9-11-41-18-40(41)13-12-37(5)31(39(7)10-8-25(55-39)36(3,4)50)19(43)15-38(37,6)23(40)14-21(32(35)41)52-34-30(49)28(47)27(46)22(16-42)53-34/h19-34,42-50H,8-18H2,1-7H3/t19-,20+,21-,22+,23-,24-,25-,26-,27+,28-,29+,30+,31-,32-,33?,34?,37+,38-,39+,40-,41+/m0/s1. The summed E-state index contributed by atoms with van der Waals surface area (Å²) in [7, 11) is 0. The van der Waals surface area contributed by atoms with Gasteiger partial charge in [-0.15, -0.1) is 0 Å². The molecule has 8 fully saturated rings. The normalized spacial score (nSPS) is 58.7. The molecule has 5 aliphatic carbocycles. The average Bonchev–Trinajstić information content (AvgIpc) is 3.47. The molecule has 21 atom stereocenters. The lowest BCUT2D eigenvalue weighted by Gasteiger charge is -2.65. The highest BCUT2D eigenvalue weighted by Crippen LogP contribution is 2.89. The predicted molar refractivity (Wildman–Crippen MR) is 194 cm³/mol. The molecule has 0 bridgehead atoms. The van der Waals surface area contributed by atoms with E-state index in [0.29, 0.717) is 25.7 Å². The van der Waals surface area contributed by atoms with Gasteiger partial charge < -0.3 is 69.6 Å². The van der Waals surface area contributed by atoms with Gasteiger partial charge in [-0.2, -0.15) is 0 Å². The van der Waals surface area contributed by atoms with Crippen LogP contribution >= 0.6 is 0 Å². The van der Waals surface area contributed by atoms with Crippen LogP contribution in [0.3, 0.4) is 0 Å². The Morgan fingerprint density at radius 2 is 1.40 bits per heavy atom. The number of fused-ring (bicyclic) bond motifs is 2. The lowest BCUT2D eigenvalue weighted by molar-refractivity contribution is -0.339. The topological polar surface area (TPSA) is 228 Å². The summed E-state index contributed by atoms with van der Waals surface area (Å²) in [5.74, 6) is -0.215. The SMILES string of the molecule is CC(C)(O)[C@@H]1CC[C@](C)([C@H]2[C@@H](O)C[C@@]3(C)[C@@H]4C[C@H](OC5O[C@H](CO)[C@@H](O)[C@H](O)[C@H]5O)[C@H]5C(C)(C)[C@@H](OC6OC[C@@H](O)[C@H](O)[C@H]6O)CC[C@@]56C[C@@]46CC[C@]23C)O1. The summed E-state index contributed by atoms with van der Waals surface area (Å²) < 4.78 is 31.9. The van der Waals surface area contributed by atoms with E-state index in [4.69, 9.17) is 23.7 Å². The number of aliphatic hydroxyl groups excluding tert-OH is 8. The number of hydrogen-bond acceptors (Lipinski definition) is 14. The van der Waals surface area contributed by atoms with Crippen LogP contribution in [0.5, 0.6) is 0 Å². The monoisotopic (exact) mass is 784 g/mol. The third kappa shape index (κ3) is 5.70. The van der Waals surface area contributed by atoms with Crippen LogP contribution in [0.1, 0.15) is 106 Å². The number of rotatable bonds is 7. The zero-order valence-corrected chi connectivity index (χ0v) is 33.6. The Balaban J connectivity index is 1.15. The first-order chi connectivity index (χ1) is 25.5. The Bertz CT molecular complexity index is 1460. The molecule has 0 aromatic heterocycles. The summed E-state index contributed by atoms with van der Waals surface area (Å²) in [6.45, 7) is 13.8. The molecule has 55 heavy (non-hydrogen) atoms. The Kier molecular flexibility index (Phi) is 9.90. The summed E-state index contributed by atoms with van der Waals surface area (Å²) in [5.41, 5.74) is -3.16. The van der Waals surface area contributed by atoms with E-state index in [1.165, 1.54) is 0 Å². The first kappa shape index (κ1) is 41.2. The van der Waals surface area contributed by atoms with E-state index in [9.17, 15) is 46.0 Å². The summed E-state index contributed by atoms with van der Waals surface area (Å²) in [6, 6.07) is 0. The Labute approximate surface area is 324 Å². The molecule has 9 N–H and O–H groups in total. The number of ether oxygens (including phenoxy) is 5. The van der Waals surface area contributed by atoms with Gasteiger partial charge in [-0.3, -0.25) is 0 Å². The van der Waals surface area contributed by atoms with E-state index >= 15 is 0 Å². The maximum absolute atomic E-state index is 12.2. The largest absolute Gasteiger partial charge is 0.394 e. The van der Waals surface area contributed by atoms with E-state index in [1.807, 2.05) is 0 Å². The van der Waals surface area contributed by atoms with Gasteiger partial charge in [0.2, 0.25) is 0 Å². The molecule has 14 nitrogen and oxygen atoms in total. The van der Waals surface area contributed by atoms with Gasteiger partial charge in [0.1, 0.15) is 42.7 Å². The maximum Gasteiger partial charge on any atom is 0.186 e. The number of aliphatic hydroxyl groups is 9. The summed E-state index contributed by atoms with van der Waals surface area (Å²) >= 11 is 0. The minimum Gasteiger partial charge on any atom is -0.394 e. The van der Waals surface area contributed by atoms with Gasteiger partial charge >= 0.3 is 0 Å². The van der Waals surface area contributed by atoms with E-state index in [-0.39, 0.29) is 52.1 Å². The van der Waals surface area contributed by atoms with Crippen LogP contribution < -0.4 is 0 Å². The fourth-order valence-corrected chi connectivity index (χ4v) is 14.9. The van der Waals surface area contributed by atoms with Crippen LogP contribution in [0.25, 0.3) is 0 Å². The van der Waals surface area contributed by atoms with Crippen LogP contribution in [0.2, 0.25) is 0 Å². The Morgan fingerprint density at radius 3 is 2.05 bits per heavy atom. The van der Waals surface area contributed by atoms with Gasteiger partial charge in [0.05, 0.1) is 48.8 Å². The lowest BCUT2D eigenvalue weighted by atomic mass is 9.41. The molecule has 14 heteroatoms. The first-order valence-corrected chi connectivity index (χ1v) is 20.9. The van der Waals surface area contributed by atoms with E-state index < -0.39 is 96.8 Å². The van der Waals surface area contributed by atoms with Gasteiger partial charge in [-0.1, -0.05) is 27.7 Å². The molecular weight excluding hydrogens is 716 g/mol. The molecule has 0 radical (unpaired) electrons. The molecule has 0 amide bonds. The van der Waals surface area contributed by atoms with Crippen molar-refractivity contribution >= 4 is 0 Å². The van der Waals surface area contributed by atoms with Crippen LogP contribution in [0.4, 0.5) is 0 Å². The summed E-state index contributed by atoms with van der Waals surface area (Å²) in [6.07, 6.45) is -7.48. The molecule has 2 unspecified atom stereocenters. The van der Waals surface area contributed by atoms with E-state index in [1.54, 1.807) is 13.8 Å². The predicted octanol–water partition coefficient (Wildman–Crippen LogP) is 0.724. The highest BCUT2D eigenvalue weighted by Gasteiger charge is 2.85. The Morgan fingerprint density at radius 1 is 0.709 bits per heavy atom. The van der Waals surface area contributed by atoms with Crippen molar-refractivity contribution in [3.8, 4) is 0 Å². The van der Waals surface area contributed by atoms with E-state index in [0.717, 1.165) is 32.1 Å². The number of hydrogen-bond donors (Lipinski definition) is 9. The van der Waals surface area contributed by atoms with Crippen molar-refractivity contribution in [1.82, 2.24) is 0 Å². The van der Waals surface area contributed by atoms with Crippen LogP contribution in [0.15, 0.2) is 0 Å². The summed E-state index contributed by atoms with van der Waals surface area (Å²) in [4.78, 5) is 0. The second kappa shape index (κ2) is 13.2. The van der Waals surface area contributed by atoms with Gasteiger partial charge in [-0.25, -0.2) is 0 Å². The molecule has 8 rings (SSSR count). The minimum atomic E-state index is -1.60. The first-order valence-electron chi connectivity index (χ1n) is 20.9. The van der Waals surface area contributed by atoms with Crippen molar-refractivity contribution in [2.45, 2.75) is 197 Å². The highest BCUT2D eigenvalue weighted by molar-refractivity contribution is 5.33. The fraction of sp³-hybridized carbons (Fsp3) is 1.00. The van der Waals surface area contributed by atoms with Crippen LogP contribution in [0, 0.1) is 44.8 Å². The van der Waals surface area contributed by atoms with Crippen LogP contribution in [-0.4, -0.2) is 150 Å². The molecule has 3 heterocycles. The van der Waals surface area contributed by atoms with Gasteiger partial charge in [0.25, 0.3) is 0 Å². The molecule has 0 aromatic carbocycles. The van der Waals surface area contributed by atoms with Gasteiger partial charge in [0, 0.05) is 5.92 Å². The average molecular weight is 785 g/mol. The molecule has 0 aromatic rings. The van der Waals surface area contributed by atoms with Crippen LogP contribution in [-0.2, 0) is 23.7 Å². The molecule has 316 valence electrons. The third-order valence-electron chi connectivity index (χ3n) is 17.6. The molecular formula is C41H68O14. The molecule has 8 aliphatic rings. The maximum atomic E-state index is 12.2. The van der Waals surface area contributed by atoms with Crippen molar-refractivity contribution in [2.75, 3.05) is 13.2 Å². The second-order valence-corrected chi connectivity index (χ2v) is 21.1.